The third-order valence-corrected chi connectivity index (χ3v) is 4.11. The van der Waals surface area contributed by atoms with Crippen molar-refractivity contribution in [2.45, 2.75) is 44.7 Å². The van der Waals surface area contributed by atoms with E-state index in [0.29, 0.717) is 17.9 Å². The van der Waals surface area contributed by atoms with Crippen LogP contribution in [0.5, 0.6) is 0 Å². The highest BCUT2D eigenvalue weighted by Crippen LogP contribution is 2.34. The van der Waals surface area contributed by atoms with Gasteiger partial charge in [0.05, 0.1) is 6.54 Å². The van der Waals surface area contributed by atoms with Crippen LogP contribution in [0.4, 0.5) is 0 Å². The Balaban J connectivity index is 1.71. The average Bonchev–Trinajstić information content (AvgIpc) is 2.97. The first-order valence-electron chi connectivity index (χ1n) is 6.66. The maximum absolute atomic E-state index is 12.4. The number of aromatic nitrogens is 1. The number of hydrogen-bond acceptors (Lipinski definition) is 1. The van der Waals surface area contributed by atoms with Crippen molar-refractivity contribution in [3.63, 3.8) is 0 Å². The predicted octanol–water partition coefficient (Wildman–Crippen LogP) is 2.32. The highest BCUT2D eigenvalue weighted by molar-refractivity contribution is 5.80. The summed E-state index contributed by atoms with van der Waals surface area (Å²) in [6, 6.07) is 4.69. The summed E-state index contributed by atoms with van der Waals surface area (Å²) < 4.78 is 2.11. The summed E-state index contributed by atoms with van der Waals surface area (Å²) in [5, 5.41) is 0. The van der Waals surface area contributed by atoms with Crippen molar-refractivity contribution in [2.24, 2.45) is 13.0 Å². The summed E-state index contributed by atoms with van der Waals surface area (Å²) in [6.07, 6.45) is 7.89. The zero-order chi connectivity index (χ0) is 11.8. The molecule has 2 aliphatic rings. The molecule has 1 amide bonds. The molecule has 2 saturated carbocycles. The van der Waals surface area contributed by atoms with Gasteiger partial charge in [-0.25, -0.2) is 0 Å². The summed E-state index contributed by atoms with van der Waals surface area (Å²) in [5.74, 6) is 0.732. The van der Waals surface area contributed by atoms with E-state index in [9.17, 15) is 4.79 Å². The summed E-state index contributed by atoms with van der Waals surface area (Å²) in [5.41, 5.74) is 1.24. The van der Waals surface area contributed by atoms with Crippen LogP contribution in [-0.2, 0) is 18.4 Å². The molecule has 0 unspecified atom stereocenters. The molecule has 2 fully saturated rings. The highest BCUT2D eigenvalue weighted by atomic mass is 16.2. The van der Waals surface area contributed by atoms with Crippen molar-refractivity contribution in [3.8, 4) is 0 Å². The second-order valence-corrected chi connectivity index (χ2v) is 5.44. The minimum absolute atomic E-state index is 0.330. The van der Waals surface area contributed by atoms with E-state index < -0.39 is 0 Å². The lowest BCUT2D eigenvalue weighted by molar-refractivity contribution is -0.139. The van der Waals surface area contributed by atoms with Gasteiger partial charge in [0.1, 0.15) is 0 Å². The molecule has 1 aromatic rings. The Labute approximate surface area is 102 Å². The van der Waals surface area contributed by atoms with Crippen LogP contribution < -0.4 is 0 Å². The molecule has 3 heteroatoms. The summed E-state index contributed by atoms with van der Waals surface area (Å²) >= 11 is 0. The van der Waals surface area contributed by atoms with E-state index in [1.165, 1.54) is 25.0 Å². The van der Waals surface area contributed by atoms with E-state index >= 15 is 0 Å². The molecule has 0 N–H and O–H groups in total. The minimum atomic E-state index is 0.330. The summed E-state index contributed by atoms with van der Waals surface area (Å²) in [6.45, 7) is 0.795. The van der Waals surface area contributed by atoms with Gasteiger partial charge in [0, 0.05) is 30.9 Å². The van der Waals surface area contributed by atoms with Gasteiger partial charge in [-0.1, -0.05) is 6.42 Å². The predicted molar refractivity (Wildman–Crippen MR) is 66.3 cm³/mol. The van der Waals surface area contributed by atoms with Crippen LogP contribution in [0.3, 0.4) is 0 Å². The maximum Gasteiger partial charge on any atom is 0.226 e. The fraction of sp³-hybridized carbons (Fsp3) is 0.643. The van der Waals surface area contributed by atoms with Crippen molar-refractivity contribution in [2.75, 3.05) is 0 Å². The quantitative estimate of drug-likeness (QED) is 0.782. The van der Waals surface area contributed by atoms with E-state index in [1.54, 1.807) is 0 Å². The summed E-state index contributed by atoms with van der Waals surface area (Å²) in [7, 11) is 2.05. The van der Waals surface area contributed by atoms with Gasteiger partial charge in [0.2, 0.25) is 5.91 Å². The molecular formula is C14H20N2O. The molecule has 3 nitrogen and oxygen atoms in total. The van der Waals surface area contributed by atoms with Crippen molar-refractivity contribution in [1.82, 2.24) is 9.47 Å². The third kappa shape index (κ3) is 2.11. The standard InChI is InChI=1S/C14H20N2O/c1-15-9-3-6-13(15)10-16(12-7-8-12)14(17)11-4-2-5-11/h3,6,9,11-12H,2,4-5,7-8,10H2,1H3. The van der Waals surface area contributed by atoms with Crippen molar-refractivity contribution < 1.29 is 4.79 Å². The van der Waals surface area contributed by atoms with Gasteiger partial charge in [0.25, 0.3) is 0 Å². The molecule has 0 radical (unpaired) electrons. The molecule has 0 aromatic carbocycles. The first-order chi connectivity index (χ1) is 8.25. The number of nitrogens with zero attached hydrogens (tertiary/aromatic N) is 2. The largest absolute Gasteiger partial charge is 0.353 e. The van der Waals surface area contributed by atoms with Crippen molar-refractivity contribution in [1.29, 1.82) is 0 Å². The SMILES string of the molecule is Cn1cccc1CN(C(=O)C1CCC1)C1CC1. The fourth-order valence-electron chi connectivity index (χ4n) is 2.50. The molecule has 0 bridgehead atoms. The average molecular weight is 232 g/mol. The molecule has 0 saturated heterocycles. The van der Waals surface area contributed by atoms with Gasteiger partial charge >= 0.3 is 0 Å². The van der Waals surface area contributed by atoms with Crippen LogP contribution in [0.15, 0.2) is 18.3 Å². The number of amides is 1. The molecule has 0 aliphatic heterocycles. The van der Waals surface area contributed by atoms with Crippen molar-refractivity contribution >= 4 is 5.91 Å². The van der Waals surface area contributed by atoms with Gasteiger partial charge in [-0.2, -0.15) is 0 Å². The number of carbonyl (C=O) groups excluding carboxylic acids is 1. The molecule has 92 valence electrons. The third-order valence-electron chi connectivity index (χ3n) is 4.11. The first-order valence-corrected chi connectivity index (χ1v) is 6.66. The smallest absolute Gasteiger partial charge is 0.226 e. The molecule has 2 aliphatic carbocycles. The Bertz CT molecular complexity index is 416. The second kappa shape index (κ2) is 4.21. The molecule has 1 aromatic heterocycles. The van der Waals surface area contributed by atoms with E-state index in [4.69, 9.17) is 0 Å². The van der Waals surface area contributed by atoms with Crippen molar-refractivity contribution in [3.05, 3.63) is 24.0 Å². The van der Waals surface area contributed by atoms with E-state index in [1.807, 2.05) is 19.3 Å². The van der Waals surface area contributed by atoms with Crippen LogP contribution in [-0.4, -0.2) is 21.4 Å². The lowest BCUT2D eigenvalue weighted by Gasteiger charge is -2.32. The van der Waals surface area contributed by atoms with E-state index in [-0.39, 0.29) is 0 Å². The maximum atomic E-state index is 12.4. The van der Waals surface area contributed by atoms with Gasteiger partial charge in [-0.05, 0) is 37.8 Å². The highest BCUT2D eigenvalue weighted by Gasteiger charge is 2.37. The minimum Gasteiger partial charge on any atom is -0.353 e. The zero-order valence-electron chi connectivity index (χ0n) is 10.4. The topological polar surface area (TPSA) is 25.2 Å². The second-order valence-electron chi connectivity index (χ2n) is 5.44. The normalized spacial score (nSPS) is 20.1. The van der Waals surface area contributed by atoms with Gasteiger partial charge < -0.3 is 9.47 Å². The molecule has 1 heterocycles. The first kappa shape index (κ1) is 10.9. The monoisotopic (exact) mass is 232 g/mol. The number of carbonyl (C=O) groups is 1. The molecule has 17 heavy (non-hydrogen) atoms. The van der Waals surface area contributed by atoms with Gasteiger partial charge in [-0.3, -0.25) is 4.79 Å². The number of hydrogen-bond donors (Lipinski definition) is 0. The Morgan fingerprint density at radius 1 is 1.41 bits per heavy atom. The Morgan fingerprint density at radius 2 is 2.18 bits per heavy atom. The number of rotatable bonds is 4. The van der Waals surface area contributed by atoms with Crippen LogP contribution in [0.2, 0.25) is 0 Å². The summed E-state index contributed by atoms with van der Waals surface area (Å²) in [4.78, 5) is 14.5. The van der Waals surface area contributed by atoms with Gasteiger partial charge in [0.15, 0.2) is 0 Å². The zero-order valence-corrected chi connectivity index (χ0v) is 10.4. The number of aryl methyl sites for hydroxylation is 1. The van der Waals surface area contributed by atoms with Crippen LogP contribution >= 0.6 is 0 Å². The lowest BCUT2D eigenvalue weighted by Crippen LogP contribution is -2.40. The van der Waals surface area contributed by atoms with Crippen LogP contribution in [0, 0.1) is 5.92 Å². The molecule has 3 rings (SSSR count). The van der Waals surface area contributed by atoms with Gasteiger partial charge in [-0.15, -0.1) is 0 Å². The molecule has 0 spiro atoms. The van der Waals surface area contributed by atoms with E-state index in [0.717, 1.165) is 19.4 Å². The van der Waals surface area contributed by atoms with E-state index in [2.05, 4.69) is 15.5 Å². The van der Waals surface area contributed by atoms with Crippen LogP contribution in [0.1, 0.15) is 37.8 Å². The molecular weight excluding hydrogens is 212 g/mol. The van der Waals surface area contributed by atoms with Crippen LogP contribution in [0.25, 0.3) is 0 Å². The Kier molecular flexibility index (Phi) is 2.69. The molecule has 0 atom stereocenters. The lowest BCUT2D eigenvalue weighted by atomic mass is 9.84. The Morgan fingerprint density at radius 3 is 2.65 bits per heavy atom. The fourth-order valence-corrected chi connectivity index (χ4v) is 2.50. The Hall–Kier alpha value is -1.25.